The second-order valence-corrected chi connectivity index (χ2v) is 4.43. The molecule has 0 N–H and O–H groups in total. The summed E-state index contributed by atoms with van der Waals surface area (Å²) in [4.78, 5) is 23.4. The Morgan fingerprint density at radius 3 is 2.53 bits per heavy atom. The lowest BCUT2D eigenvalue weighted by molar-refractivity contribution is -0.149. The molecule has 0 aliphatic carbocycles. The Balaban J connectivity index is 2.66. The molecule has 3 nitrogen and oxygen atoms in total. The van der Waals surface area contributed by atoms with Crippen LogP contribution in [-0.4, -0.2) is 25.1 Å². The summed E-state index contributed by atoms with van der Waals surface area (Å²) in [6, 6.07) is 7.82. The van der Waals surface area contributed by atoms with E-state index in [4.69, 9.17) is 4.74 Å². The maximum Gasteiger partial charge on any atom is 0.316 e. The van der Waals surface area contributed by atoms with Gasteiger partial charge in [0, 0.05) is 4.90 Å². The highest BCUT2D eigenvalue weighted by molar-refractivity contribution is 7.98. The number of hydrogen-bond donors (Lipinski definition) is 0. The van der Waals surface area contributed by atoms with Crippen molar-refractivity contribution in [1.29, 1.82) is 0 Å². The third-order valence-corrected chi connectivity index (χ3v) is 3.11. The molecule has 0 saturated carbocycles. The third kappa shape index (κ3) is 4.23. The molecule has 0 aliphatic heterocycles. The van der Waals surface area contributed by atoms with Gasteiger partial charge in [0.15, 0.2) is 0 Å². The Kier molecular flexibility index (Phi) is 5.77. The molecule has 0 bridgehead atoms. The predicted octanol–water partition coefficient (Wildman–Crippen LogP) is 2.33. The van der Waals surface area contributed by atoms with E-state index in [0.29, 0.717) is 19.3 Å². The van der Waals surface area contributed by atoms with Gasteiger partial charge in [0.2, 0.25) is 0 Å². The van der Waals surface area contributed by atoms with Crippen LogP contribution in [0.2, 0.25) is 0 Å². The molecule has 0 aromatic heterocycles. The minimum Gasteiger partial charge on any atom is -0.465 e. The summed E-state index contributed by atoms with van der Waals surface area (Å²) in [6.45, 7) is 2.03. The summed E-state index contributed by atoms with van der Waals surface area (Å²) in [6.07, 6.45) is 3.05. The van der Waals surface area contributed by atoms with E-state index < -0.39 is 11.9 Å². The van der Waals surface area contributed by atoms with Gasteiger partial charge in [-0.2, -0.15) is 0 Å². The van der Waals surface area contributed by atoms with Crippen molar-refractivity contribution < 1.29 is 14.3 Å². The summed E-state index contributed by atoms with van der Waals surface area (Å²) in [7, 11) is 0. The highest BCUT2D eigenvalue weighted by Crippen LogP contribution is 2.16. The number of esters is 1. The molecule has 1 aromatic carbocycles. The van der Waals surface area contributed by atoms with Crippen LogP contribution in [0, 0.1) is 5.92 Å². The van der Waals surface area contributed by atoms with Gasteiger partial charge < -0.3 is 9.53 Å². The minimum absolute atomic E-state index is 0.300. The van der Waals surface area contributed by atoms with Crippen molar-refractivity contribution in [3.8, 4) is 0 Å². The quantitative estimate of drug-likeness (QED) is 0.337. The van der Waals surface area contributed by atoms with E-state index in [1.807, 2.05) is 30.5 Å². The lowest BCUT2D eigenvalue weighted by Crippen LogP contribution is -2.21. The average molecular weight is 252 g/mol. The SMILES string of the molecule is CCOC(=O)C(C=O)Cc1ccc(SC)cc1. The Labute approximate surface area is 106 Å². The second-order valence-electron chi connectivity index (χ2n) is 3.55. The van der Waals surface area contributed by atoms with E-state index in [0.717, 1.165) is 10.5 Å². The maximum absolute atomic E-state index is 11.4. The van der Waals surface area contributed by atoms with Crippen molar-refractivity contribution in [3.63, 3.8) is 0 Å². The van der Waals surface area contributed by atoms with Crippen molar-refractivity contribution in [2.45, 2.75) is 18.2 Å². The molecular formula is C13H16O3S. The topological polar surface area (TPSA) is 43.4 Å². The van der Waals surface area contributed by atoms with E-state index >= 15 is 0 Å². The van der Waals surface area contributed by atoms with Gasteiger partial charge >= 0.3 is 5.97 Å². The third-order valence-electron chi connectivity index (χ3n) is 2.37. The van der Waals surface area contributed by atoms with Crippen molar-refractivity contribution in [2.75, 3.05) is 12.9 Å². The minimum atomic E-state index is -0.699. The number of benzene rings is 1. The van der Waals surface area contributed by atoms with Gasteiger partial charge in [-0.25, -0.2) is 0 Å². The fraction of sp³-hybridized carbons (Fsp3) is 0.385. The lowest BCUT2D eigenvalue weighted by Gasteiger charge is -2.09. The smallest absolute Gasteiger partial charge is 0.316 e. The molecule has 4 heteroatoms. The zero-order valence-corrected chi connectivity index (χ0v) is 10.8. The van der Waals surface area contributed by atoms with Crippen molar-refractivity contribution >= 4 is 24.0 Å². The summed E-state index contributed by atoms with van der Waals surface area (Å²) < 4.78 is 4.84. The maximum atomic E-state index is 11.4. The summed E-state index contributed by atoms with van der Waals surface area (Å²) in [5, 5.41) is 0. The van der Waals surface area contributed by atoms with Gasteiger partial charge in [-0.15, -0.1) is 11.8 Å². The van der Waals surface area contributed by atoms with Gasteiger partial charge in [0.25, 0.3) is 0 Å². The molecule has 17 heavy (non-hydrogen) atoms. The molecule has 0 amide bonds. The Morgan fingerprint density at radius 2 is 2.06 bits per heavy atom. The van der Waals surface area contributed by atoms with Crippen LogP contribution in [0.4, 0.5) is 0 Å². The van der Waals surface area contributed by atoms with Gasteiger partial charge in [0.05, 0.1) is 6.61 Å². The van der Waals surface area contributed by atoms with E-state index in [-0.39, 0.29) is 0 Å². The number of carbonyl (C=O) groups excluding carboxylic acids is 2. The Hall–Kier alpha value is -1.29. The first kappa shape index (κ1) is 13.8. The van der Waals surface area contributed by atoms with E-state index in [9.17, 15) is 9.59 Å². The molecular weight excluding hydrogens is 236 g/mol. The van der Waals surface area contributed by atoms with Crippen LogP contribution >= 0.6 is 11.8 Å². The van der Waals surface area contributed by atoms with E-state index in [2.05, 4.69) is 0 Å². The Bertz CT molecular complexity index is 373. The number of ether oxygens (including phenoxy) is 1. The van der Waals surface area contributed by atoms with Crippen LogP contribution in [0.5, 0.6) is 0 Å². The molecule has 0 radical (unpaired) electrons. The molecule has 0 spiro atoms. The first-order valence-corrected chi connectivity index (χ1v) is 6.68. The van der Waals surface area contributed by atoms with Gasteiger partial charge in [-0.05, 0) is 37.3 Å². The molecule has 1 unspecified atom stereocenters. The van der Waals surface area contributed by atoms with Crippen molar-refractivity contribution in [3.05, 3.63) is 29.8 Å². The standard InChI is InChI=1S/C13H16O3S/c1-3-16-13(15)11(9-14)8-10-4-6-12(17-2)7-5-10/h4-7,9,11H,3,8H2,1-2H3. The van der Waals surface area contributed by atoms with E-state index in [1.54, 1.807) is 18.7 Å². The van der Waals surface area contributed by atoms with Crippen LogP contribution in [-0.2, 0) is 20.7 Å². The zero-order chi connectivity index (χ0) is 12.7. The molecule has 1 aromatic rings. The number of aldehydes is 1. The molecule has 1 atom stereocenters. The first-order valence-electron chi connectivity index (χ1n) is 5.46. The fourth-order valence-electron chi connectivity index (χ4n) is 1.45. The van der Waals surface area contributed by atoms with Crippen LogP contribution in [0.1, 0.15) is 12.5 Å². The number of rotatable bonds is 6. The largest absolute Gasteiger partial charge is 0.465 e. The summed E-state index contributed by atoms with van der Waals surface area (Å²) >= 11 is 1.66. The molecule has 0 fully saturated rings. The highest BCUT2D eigenvalue weighted by atomic mass is 32.2. The van der Waals surface area contributed by atoms with Gasteiger partial charge in [-0.3, -0.25) is 4.79 Å². The first-order chi connectivity index (χ1) is 8.21. The highest BCUT2D eigenvalue weighted by Gasteiger charge is 2.19. The molecule has 0 heterocycles. The number of hydrogen-bond acceptors (Lipinski definition) is 4. The van der Waals surface area contributed by atoms with Crippen molar-refractivity contribution in [2.24, 2.45) is 5.92 Å². The lowest BCUT2D eigenvalue weighted by atomic mass is 10.0. The van der Waals surface area contributed by atoms with Gasteiger partial charge in [-0.1, -0.05) is 12.1 Å². The van der Waals surface area contributed by atoms with Crippen LogP contribution in [0.25, 0.3) is 0 Å². The predicted molar refractivity (Wildman–Crippen MR) is 68.1 cm³/mol. The second kappa shape index (κ2) is 7.12. The average Bonchev–Trinajstić information content (AvgIpc) is 2.37. The van der Waals surface area contributed by atoms with E-state index in [1.165, 1.54) is 0 Å². The molecule has 92 valence electrons. The Morgan fingerprint density at radius 1 is 1.41 bits per heavy atom. The fourth-order valence-corrected chi connectivity index (χ4v) is 1.86. The molecule has 0 saturated heterocycles. The number of carbonyl (C=O) groups is 2. The van der Waals surface area contributed by atoms with Gasteiger partial charge in [0.1, 0.15) is 12.2 Å². The normalized spacial score (nSPS) is 11.9. The number of thioether (sulfide) groups is 1. The van der Waals surface area contributed by atoms with Crippen LogP contribution < -0.4 is 0 Å². The van der Waals surface area contributed by atoms with Crippen LogP contribution in [0.3, 0.4) is 0 Å². The molecule has 0 aliphatic rings. The van der Waals surface area contributed by atoms with Crippen molar-refractivity contribution in [1.82, 2.24) is 0 Å². The monoisotopic (exact) mass is 252 g/mol. The summed E-state index contributed by atoms with van der Waals surface area (Å²) in [5.74, 6) is -1.15. The zero-order valence-electron chi connectivity index (χ0n) is 10.0. The summed E-state index contributed by atoms with van der Waals surface area (Å²) in [5.41, 5.74) is 0.966. The van der Waals surface area contributed by atoms with Crippen LogP contribution in [0.15, 0.2) is 29.2 Å². The molecule has 1 rings (SSSR count).